The third-order valence-corrected chi connectivity index (χ3v) is 5.70. The number of nitrogens with zero attached hydrogens (tertiary/aromatic N) is 4. The first kappa shape index (κ1) is 18.1. The van der Waals surface area contributed by atoms with Gasteiger partial charge in [-0.05, 0) is 37.1 Å². The van der Waals surface area contributed by atoms with Gasteiger partial charge in [0, 0.05) is 29.4 Å². The standard InChI is InChI=1S/C20H19ClN4OS/c21-16-8-10-17(11-9-16)25-19(15-6-2-1-3-7-15)22-23-20(25)27-14-18(26)24-12-4-5-13-24/h1-3,6-11H,4-5,12-14H2. The highest BCUT2D eigenvalue weighted by Gasteiger charge is 2.21. The van der Waals surface area contributed by atoms with Crippen molar-refractivity contribution in [3.63, 3.8) is 0 Å². The van der Waals surface area contributed by atoms with Crippen LogP contribution in [-0.4, -0.2) is 44.4 Å². The van der Waals surface area contributed by atoms with E-state index in [2.05, 4.69) is 10.2 Å². The topological polar surface area (TPSA) is 51.0 Å². The number of halogens is 1. The van der Waals surface area contributed by atoms with Gasteiger partial charge in [0.15, 0.2) is 11.0 Å². The smallest absolute Gasteiger partial charge is 0.233 e. The Balaban J connectivity index is 1.65. The maximum atomic E-state index is 12.4. The Labute approximate surface area is 167 Å². The monoisotopic (exact) mass is 398 g/mol. The minimum Gasteiger partial charge on any atom is -0.342 e. The Morgan fingerprint density at radius 3 is 2.41 bits per heavy atom. The molecule has 0 N–H and O–H groups in total. The van der Waals surface area contributed by atoms with Crippen LogP contribution in [0, 0.1) is 0 Å². The van der Waals surface area contributed by atoms with Gasteiger partial charge >= 0.3 is 0 Å². The third-order valence-electron chi connectivity index (χ3n) is 4.53. The quantitative estimate of drug-likeness (QED) is 0.601. The number of amides is 1. The van der Waals surface area contributed by atoms with Crippen molar-refractivity contribution in [3.8, 4) is 17.1 Å². The number of benzene rings is 2. The molecule has 0 saturated carbocycles. The molecule has 27 heavy (non-hydrogen) atoms. The van der Waals surface area contributed by atoms with E-state index in [0.717, 1.165) is 43.0 Å². The Bertz CT molecular complexity index is 921. The van der Waals surface area contributed by atoms with Crippen molar-refractivity contribution in [1.29, 1.82) is 0 Å². The minimum absolute atomic E-state index is 0.157. The first-order valence-corrected chi connectivity index (χ1v) is 10.3. The molecule has 5 nitrogen and oxygen atoms in total. The maximum Gasteiger partial charge on any atom is 0.233 e. The van der Waals surface area contributed by atoms with Gasteiger partial charge in [-0.1, -0.05) is 53.7 Å². The van der Waals surface area contributed by atoms with Gasteiger partial charge in [0.05, 0.1) is 5.75 Å². The highest BCUT2D eigenvalue weighted by atomic mass is 35.5. The summed E-state index contributed by atoms with van der Waals surface area (Å²) in [5.74, 6) is 1.26. The van der Waals surface area contributed by atoms with Gasteiger partial charge in [0.25, 0.3) is 0 Å². The normalized spacial score (nSPS) is 13.9. The molecule has 1 aliphatic heterocycles. The van der Waals surface area contributed by atoms with Crippen LogP contribution in [0.15, 0.2) is 59.8 Å². The molecule has 0 radical (unpaired) electrons. The van der Waals surface area contributed by atoms with E-state index in [-0.39, 0.29) is 5.91 Å². The zero-order valence-corrected chi connectivity index (χ0v) is 16.3. The molecule has 2 aromatic carbocycles. The van der Waals surface area contributed by atoms with Crippen LogP contribution in [0.4, 0.5) is 0 Å². The molecule has 0 bridgehead atoms. The van der Waals surface area contributed by atoms with E-state index in [1.165, 1.54) is 11.8 Å². The number of hydrogen-bond donors (Lipinski definition) is 0. The second kappa shape index (κ2) is 8.15. The summed E-state index contributed by atoms with van der Waals surface area (Å²) in [5, 5.41) is 10.1. The van der Waals surface area contributed by atoms with Crippen LogP contribution >= 0.6 is 23.4 Å². The van der Waals surface area contributed by atoms with Crippen LogP contribution in [0.25, 0.3) is 17.1 Å². The number of carbonyl (C=O) groups is 1. The number of aromatic nitrogens is 3. The second-order valence-corrected chi connectivity index (χ2v) is 7.74. The molecule has 1 saturated heterocycles. The van der Waals surface area contributed by atoms with Crippen molar-refractivity contribution in [2.75, 3.05) is 18.8 Å². The molecule has 0 atom stereocenters. The van der Waals surface area contributed by atoms with Crippen LogP contribution in [0.1, 0.15) is 12.8 Å². The molecule has 1 aliphatic rings. The molecule has 1 fully saturated rings. The summed E-state index contributed by atoms with van der Waals surface area (Å²) in [5.41, 5.74) is 1.89. The largest absolute Gasteiger partial charge is 0.342 e. The van der Waals surface area contributed by atoms with E-state index < -0.39 is 0 Å². The average Bonchev–Trinajstić information content (AvgIpc) is 3.38. The Hall–Kier alpha value is -2.31. The molecule has 2 heterocycles. The lowest BCUT2D eigenvalue weighted by atomic mass is 10.2. The van der Waals surface area contributed by atoms with Gasteiger partial charge < -0.3 is 4.90 Å². The van der Waals surface area contributed by atoms with Gasteiger partial charge in [0.1, 0.15) is 0 Å². The summed E-state index contributed by atoms with van der Waals surface area (Å²) < 4.78 is 1.98. The fraction of sp³-hybridized carbons (Fsp3) is 0.250. The van der Waals surface area contributed by atoms with Crippen LogP contribution in [-0.2, 0) is 4.79 Å². The van der Waals surface area contributed by atoms with Gasteiger partial charge in [0.2, 0.25) is 5.91 Å². The Morgan fingerprint density at radius 2 is 1.70 bits per heavy atom. The molecule has 0 unspecified atom stereocenters. The van der Waals surface area contributed by atoms with Crippen molar-refractivity contribution in [2.24, 2.45) is 0 Å². The van der Waals surface area contributed by atoms with Crippen LogP contribution < -0.4 is 0 Å². The molecule has 138 valence electrons. The minimum atomic E-state index is 0.157. The molecular formula is C20H19ClN4OS. The predicted molar refractivity (Wildman–Crippen MR) is 108 cm³/mol. The zero-order valence-electron chi connectivity index (χ0n) is 14.7. The fourth-order valence-electron chi connectivity index (χ4n) is 3.14. The summed E-state index contributed by atoms with van der Waals surface area (Å²) in [4.78, 5) is 14.3. The van der Waals surface area contributed by atoms with Crippen molar-refractivity contribution in [2.45, 2.75) is 18.0 Å². The van der Waals surface area contributed by atoms with Gasteiger partial charge in [-0.15, -0.1) is 10.2 Å². The number of hydrogen-bond acceptors (Lipinski definition) is 4. The van der Waals surface area contributed by atoms with Crippen molar-refractivity contribution in [3.05, 3.63) is 59.6 Å². The third kappa shape index (κ3) is 4.01. The lowest BCUT2D eigenvalue weighted by Crippen LogP contribution is -2.29. The molecule has 1 aromatic heterocycles. The van der Waals surface area contributed by atoms with Crippen molar-refractivity contribution < 1.29 is 4.79 Å². The summed E-state index contributed by atoms with van der Waals surface area (Å²) in [6, 6.07) is 17.5. The maximum absolute atomic E-state index is 12.4. The van der Waals surface area contributed by atoms with Crippen molar-refractivity contribution >= 4 is 29.3 Å². The fourth-order valence-corrected chi connectivity index (χ4v) is 4.13. The average molecular weight is 399 g/mol. The zero-order chi connectivity index (χ0) is 18.6. The highest BCUT2D eigenvalue weighted by molar-refractivity contribution is 7.99. The molecule has 0 spiro atoms. The highest BCUT2D eigenvalue weighted by Crippen LogP contribution is 2.29. The van der Waals surface area contributed by atoms with E-state index in [4.69, 9.17) is 11.6 Å². The van der Waals surface area contributed by atoms with E-state index in [1.807, 2.05) is 64.1 Å². The van der Waals surface area contributed by atoms with E-state index in [1.54, 1.807) is 0 Å². The SMILES string of the molecule is O=C(CSc1nnc(-c2ccccc2)n1-c1ccc(Cl)cc1)N1CCCC1. The number of rotatable bonds is 5. The van der Waals surface area contributed by atoms with Crippen LogP contribution in [0.2, 0.25) is 5.02 Å². The number of likely N-dealkylation sites (tertiary alicyclic amines) is 1. The van der Waals surface area contributed by atoms with Gasteiger partial charge in [-0.3, -0.25) is 9.36 Å². The molecule has 3 aromatic rings. The summed E-state index contributed by atoms with van der Waals surface area (Å²) in [6.45, 7) is 1.72. The first-order valence-electron chi connectivity index (χ1n) is 8.90. The first-order chi connectivity index (χ1) is 13.2. The molecule has 7 heteroatoms. The molecule has 0 aliphatic carbocycles. The Morgan fingerprint density at radius 1 is 1.00 bits per heavy atom. The predicted octanol–water partition coefficient (Wildman–Crippen LogP) is 4.30. The number of carbonyl (C=O) groups excluding carboxylic acids is 1. The van der Waals surface area contributed by atoms with Crippen LogP contribution in [0.3, 0.4) is 0 Å². The van der Waals surface area contributed by atoms with E-state index in [0.29, 0.717) is 15.9 Å². The lowest BCUT2D eigenvalue weighted by molar-refractivity contribution is -0.127. The molecule has 1 amide bonds. The summed E-state index contributed by atoms with van der Waals surface area (Å²) in [6.07, 6.45) is 2.19. The van der Waals surface area contributed by atoms with Gasteiger partial charge in [-0.2, -0.15) is 0 Å². The second-order valence-electron chi connectivity index (χ2n) is 6.36. The number of thioether (sulfide) groups is 1. The van der Waals surface area contributed by atoms with E-state index in [9.17, 15) is 4.79 Å². The Kier molecular flexibility index (Phi) is 5.45. The molecular weight excluding hydrogens is 380 g/mol. The van der Waals surface area contributed by atoms with Gasteiger partial charge in [-0.25, -0.2) is 0 Å². The van der Waals surface area contributed by atoms with Crippen molar-refractivity contribution in [1.82, 2.24) is 19.7 Å². The van der Waals surface area contributed by atoms with E-state index >= 15 is 0 Å². The summed E-state index contributed by atoms with van der Waals surface area (Å²) >= 11 is 7.47. The lowest BCUT2D eigenvalue weighted by Gasteiger charge is -2.15. The van der Waals surface area contributed by atoms with Crippen LogP contribution in [0.5, 0.6) is 0 Å². The summed E-state index contributed by atoms with van der Waals surface area (Å²) in [7, 11) is 0. The molecule has 4 rings (SSSR count).